The Hall–Kier alpha value is -4.62. The summed E-state index contributed by atoms with van der Waals surface area (Å²) in [6, 6.07) is 2.40. The van der Waals surface area contributed by atoms with Crippen molar-refractivity contribution in [2.75, 3.05) is 12.4 Å². The molecule has 0 unspecified atom stereocenters. The molecule has 2 heterocycles. The van der Waals surface area contributed by atoms with E-state index in [4.69, 9.17) is 4.63 Å². The molecule has 1 saturated carbocycles. The lowest BCUT2D eigenvalue weighted by Crippen LogP contribution is -2.50. The average Bonchev–Trinajstić information content (AvgIpc) is 3.71. The molecule has 3 atom stereocenters. The van der Waals surface area contributed by atoms with Crippen LogP contribution in [-0.4, -0.2) is 67.5 Å². The van der Waals surface area contributed by atoms with Crippen LogP contribution in [0.2, 0.25) is 0 Å². The predicted octanol–water partition coefficient (Wildman–Crippen LogP) is 3.72. The molecule has 0 bridgehead atoms. The molecule has 3 N–H and O–H groups in total. The van der Waals surface area contributed by atoms with E-state index in [-0.39, 0.29) is 42.1 Å². The Bertz CT molecular complexity index is 1560. The molecule has 13 nitrogen and oxygen atoms in total. The summed E-state index contributed by atoms with van der Waals surface area (Å²) in [6.07, 6.45) is 7.16. The molecule has 14 heteroatoms. The largest absolute Gasteiger partial charge is 0.344 e. The Morgan fingerprint density at radius 2 is 1.83 bits per heavy atom. The number of anilines is 1. The van der Waals surface area contributed by atoms with Gasteiger partial charge in [0, 0.05) is 32.6 Å². The van der Waals surface area contributed by atoms with Crippen molar-refractivity contribution in [2.24, 2.45) is 18.9 Å². The maximum absolute atomic E-state index is 15.6. The normalized spacial score (nSPS) is 18.1. The fourth-order valence-corrected chi connectivity index (χ4v) is 5.93. The smallest absolute Gasteiger partial charge is 0.276 e. The highest BCUT2D eigenvalue weighted by Gasteiger charge is 2.35. The van der Waals surface area contributed by atoms with Gasteiger partial charge in [-0.15, -0.1) is 0 Å². The van der Waals surface area contributed by atoms with Gasteiger partial charge in [0.2, 0.25) is 17.7 Å². The predicted molar refractivity (Wildman–Crippen MR) is 171 cm³/mol. The summed E-state index contributed by atoms with van der Waals surface area (Å²) in [6.45, 7) is 7.66. The van der Waals surface area contributed by atoms with Crippen LogP contribution in [0.5, 0.6) is 0 Å². The molecule has 3 aromatic rings. The lowest BCUT2D eigenvalue weighted by molar-refractivity contribution is -0.136. The number of nitrogens with zero attached hydrogens (tertiary/aromatic N) is 5. The third-order valence-electron chi connectivity index (χ3n) is 9.08. The molecule has 47 heavy (non-hydrogen) atoms. The average molecular weight is 653 g/mol. The van der Waals surface area contributed by atoms with Crippen molar-refractivity contribution in [2.45, 2.75) is 90.8 Å². The minimum Gasteiger partial charge on any atom is -0.344 e. The minimum atomic E-state index is -0.965. The SMILES string of the molecule is CCC(=O)N[C@@H](C(=O)N(C)Cc1cncn1C)[C@@H](C)c1ccc(NC(=O)[C@@H](NC(=O)c2nonc2CC)[C@H]2CC[C@H](C)CC2)c(F)c1. The zero-order valence-corrected chi connectivity index (χ0v) is 27.9. The van der Waals surface area contributed by atoms with Crippen LogP contribution in [0.1, 0.15) is 93.2 Å². The van der Waals surface area contributed by atoms with E-state index in [9.17, 15) is 19.2 Å². The maximum atomic E-state index is 15.6. The summed E-state index contributed by atoms with van der Waals surface area (Å²) >= 11 is 0. The summed E-state index contributed by atoms with van der Waals surface area (Å²) in [5.74, 6) is -2.74. The van der Waals surface area contributed by atoms with Crippen LogP contribution in [0.25, 0.3) is 0 Å². The van der Waals surface area contributed by atoms with Crippen molar-refractivity contribution >= 4 is 29.3 Å². The summed E-state index contributed by atoms with van der Waals surface area (Å²) in [5, 5.41) is 15.7. The lowest BCUT2D eigenvalue weighted by Gasteiger charge is -2.32. The zero-order chi connectivity index (χ0) is 34.2. The van der Waals surface area contributed by atoms with Gasteiger partial charge in [0.25, 0.3) is 5.91 Å². The number of hydrogen-bond donors (Lipinski definition) is 3. The van der Waals surface area contributed by atoms with Crippen LogP contribution in [0.3, 0.4) is 0 Å². The second-order valence-electron chi connectivity index (χ2n) is 12.5. The van der Waals surface area contributed by atoms with Gasteiger partial charge in [-0.1, -0.05) is 51.8 Å². The van der Waals surface area contributed by atoms with Gasteiger partial charge in [-0.25, -0.2) is 14.0 Å². The van der Waals surface area contributed by atoms with Crippen molar-refractivity contribution in [3.8, 4) is 0 Å². The second-order valence-corrected chi connectivity index (χ2v) is 12.5. The molecular weight excluding hydrogens is 607 g/mol. The van der Waals surface area contributed by atoms with E-state index in [1.165, 1.54) is 17.0 Å². The van der Waals surface area contributed by atoms with E-state index in [0.29, 0.717) is 23.6 Å². The summed E-state index contributed by atoms with van der Waals surface area (Å²) < 4.78 is 22.2. The number of amides is 4. The van der Waals surface area contributed by atoms with E-state index < -0.39 is 35.6 Å². The Morgan fingerprint density at radius 3 is 2.45 bits per heavy atom. The topological polar surface area (TPSA) is 164 Å². The van der Waals surface area contributed by atoms with Crippen molar-refractivity contribution in [1.82, 2.24) is 35.4 Å². The summed E-state index contributed by atoms with van der Waals surface area (Å²) in [5.41, 5.74) is 1.59. The summed E-state index contributed by atoms with van der Waals surface area (Å²) in [7, 11) is 3.46. The number of benzene rings is 1. The first-order chi connectivity index (χ1) is 22.4. The molecule has 1 aromatic carbocycles. The van der Waals surface area contributed by atoms with E-state index in [2.05, 4.69) is 38.2 Å². The number of aryl methyl sites for hydroxylation is 2. The number of imidazole rings is 1. The molecule has 1 aliphatic carbocycles. The van der Waals surface area contributed by atoms with E-state index in [0.717, 1.165) is 31.4 Å². The van der Waals surface area contributed by atoms with Crippen LogP contribution in [-0.2, 0) is 34.4 Å². The quantitative estimate of drug-likeness (QED) is 0.251. The molecule has 0 saturated heterocycles. The van der Waals surface area contributed by atoms with E-state index >= 15 is 4.39 Å². The second kappa shape index (κ2) is 15.8. The number of nitrogens with one attached hydrogen (secondary N) is 3. The first kappa shape index (κ1) is 35.2. The number of halogens is 1. The highest BCUT2D eigenvalue weighted by molar-refractivity contribution is 6.01. The number of aromatic nitrogens is 4. The fraction of sp³-hybridized carbons (Fsp3) is 0.545. The number of carbonyl (C=O) groups is 4. The molecule has 4 rings (SSSR count). The lowest BCUT2D eigenvalue weighted by atomic mass is 9.79. The monoisotopic (exact) mass is 652 g/mol. The van der Waals surface area contributed by atoms with Gasteiger partial charge < -0.3 is 25.4 Å². The first-order valence-corrected chi connectivity index (χ1v) is 16.1. The van der Waals surface area contributed by atoms with E-state index in [1.54, 1.807) is 44.1 Å². The van der Waals surface area contributed by atoms with Crippen molar-refractivity contribution in [3.05, 3.63) is 59.2 Å². The van der Waals surface area contributed by atoms with Gasteiger partial charge in [-0.2, -0.15) is 0 Å². The molecule has 2 aromatic heterocycles. The molecule has 0 spiro atoms. The minimum absolute atomic E-state index is 0.0178. The first-order valence-electron chi connectivity index (χ1n) is 16.1. The van der Waals surface area contributed by atoms with Gasteiger partial charge in [0.05, 0.1) is 24.3 Å². The Morgan fingerprint density at radius 1 is 1.11 bits per heavy atom. The number of carbonyl (C=O) groups excluding carboxylic acids is 4. The Labute approximate surface area is 274 Å². The van der Waals surface area contributed by atoms with Crippen LogP contribution >= 0.6 is 0 Å². The van der Waals surface area contributed by atoms with Gasteiger partial charge in [-0.05, 0) is 54.0 Å². The Balaban J connectivity index is 1.52. The molecule has 4 amide bonds. The fourth-order valence-electron chi connectivity index (χ4n) is 5.93. The number of likely N-dealkylation sites (N-methyl/N-ethyl adjacent to an activating group) is 1. The van der Waals surface area contributed by atoms with Crippen molar-refractivity contribution in [3.63, 3.8) is 0 Å². The third kappa shape index (κ3) is 8.60. The van der Waals surface area contributed by atoms with Gasteiger partial charge >= 0.3 is 0 Å². The third-order valence-corrected chi connectivity index (χ3v) is 9.08. The number of hydrogen-bond acceptors (Lipinski definition) is 8. The highest BCUT2D eigenvalue weighted by Crippen LogP contribution is 2.32. The van der Waals surface area contributed by atoms with Crippen LogP contribution in [0.4, 0.5) is 10.1 Å². The molecule has 1 aliphatic rings. The molecular formula is C33H45FN8O5. The molecule has 0 radical (unpaired) electrons. The highest BCUT2D eigenvalue weighted by atomic mass is 19.1. The Kier molecular flexibility index (Phi) is 11.8. The zero-order valence-electron chi connectivity index (χ0n) is 27.9. The van der Waals surface area contributed by atoms with Gasteiger partial charge in [0.1, 0.15) is 23.6 Å². The van der Waals surface area contributed by atoms with E-state index in [1.807, 2.05) is 14.0 Å². The van der Waals surface area contributed by atoms with Crippen LogP contribution in [0, 0.1) is 17.7 Å². The van der Waals surface area contributed by atoms with Crippen LogP contribution < -0.4 is 16.0 Å². The number of rotatable bonds is 13. The molecule has 0 aliphatic heterocycles. The van der Waals surface area contributed by atoms with Gasteiger partial charge in [-0.3, -0.25) is 19.2 Å². The summed E-state index contributed by atoms with van der Waals surface area (Å²) in [4.78, 5) is 58.4. The van der Waals surface area contributed by atoms with Crippen molar-refractivity contribution in [1.29, 1.82) is 0 Å². The molecule has 1 fully saturated rings. The standard InChI is InChI=1S/C33H45FN8O5/c1-7-25-30(40-47-39-25)32(45)38-29(21-11-9-19(3)10-12-21)31(44)36-26-14-13-22(15-24(26)34)20(4)28(37-27(43)8-2)33(46)41(5)17-23-16-35-18-42(23)6/h13-16,18-21,28-29H,7-12,17H2,1-6H3,(H,36,44)(H,37,43)(H,38,45)/t19-,20-,21-,28+,29-/m0/s1. The van der Waals surface area contributed by atoms with Gasteiger partial charge in [0.15, 0.2) is 5.69 Å². The molecule has 254 valence electrons. The van der Waals surface area contributed by atoms with Crippen molar-refractivity contribution < 1.29 is 28.2 Å². The van der Waals surface area contributed by atoms with Crippen LogP contribution in [0.15, 0.2) is 35.4 Å². The maximum Gasteiger partial charge on any atom is 0.276 e.